The van der Waals surface area contributed by atoms with Crippen LogP contribution >= 0.6 is 0 Å². The Kier molecular flexibility index (Phi) is 2.60. The first-order valence-corrected chi connectivity index (χ1v) is 5.07. The summed E-state index contributed by atoms with van der Waals surface area (Å²) in [5.41, 5.74) is 3.65. The summed E-state index contributed by atoms with van der Waals surface area (Å²) in [4.78, 5) is 0. The summed E-state index contributed by atoms with van der Waals surface area (Å²) < 4.78 is 2.17. The molecule has 0 fully saturated rings. The number of para-hydroxylation sites is 1. The number of aliphatic hydroxyl groups is 1. The highest BCUT2D eigenvalue weighted by molar-refractivity contribution is 5.91. The molecule has 0 aliphatic heterocycles. The molecule has 2 rings (SSSR count). The summed E-state index contributed by atoms with van der Waals surface area (Å²) in [6, 6.07) is 8.30. The smallest absolute Gasteiger partial charge is 0.0615 e. The van der Waals surface area contributed by atoms with E-state index in [9.17, 15) is 0 Å². The van der Waals surface area contributed by atoms with Gasteiger partial charge in [-0.25, -0.2) is 0 Å². The van der Waals surface area contributed by atoms with E-state index in [4.69, 9.17) is 5.11 Å². The van der Waals surface area contributed by atoms with Crippen LogP contribution in [0.3, 0.4) is 0 Å². The molecular weight excluding hydrogens is 186 g/mol. The molecule has 1 heterocycles. The third kappa shape index (κ3) is 1.57. The first-order chi connectivity index (χ1) is 7.25. The molecule has 2 aromatic rings. The number of hydrogen-bond donors (Lipinski definition) is 1. The van der Waals surface area contributed by atoms with Gasteiger partial charge >= 0.3 is 0 Å². The first-order valence-electron chi connectivity index (χ1n) is 5.07. The molecule has 0 saturated carbocycles. The molecule has 1 aromatic heterocycles. The predicted molar refractivity (Wildman–Crippen MR) is 63.8 cm³/mol. The molecule has 1 N–H and O–H groups in total. The molecule has 0 spiro atoms. The predicted octanol–water partition coefficient (Wildman–Crippen LogP) is 2.49. The SMILES string of the molecule is Cc1c(C=CCO)c2ccccc2n1C. The molecule has 0 unspecified atom stereocenters. The Morgan fingerprint density at radius 2 is 2.07 bits per heavy atom. The van der Waals surface area contributed by atoms with Gasteiger partial charge in [0.15, 0.2) is 0 Å². The zero-order valence-electron chi connectivity index (χ0n) is 9.07. The van der Waals surface area contributed by atoms with Crippen molar-refractivity contribution in [1.82, 2.24) is 4.57 Å². The van der Waals surface area contributed by atoms with E-state index < -0.39 is 0 Å². The Bertz CT molecular complexity index is 508. The van der Waals surface area contributed by atoms with E-state index in [1.54, 1.807) is 6.08 Å². The lowest BCUT2D eigenvalue weighted by molar-refractivity contribution is 0.343. The molecule has 0 radical (unpaired) electrons. The van der Waals surface area contributed by atoms with Crippen LogP contribution < -0.4 is 0 Å². The maximum absolute atomic E-state index is 8.80. The second-order valence-corrected chi connectivity index (χ2v) is 3.66. The van der Waals surface area contributed by atoms with Crippen molar-refractivity contribution in [3.63, 3.8) is 0 Å². The van der Waals surface area contributed by atoms with Crippen LogP contribution in [0.1, 0.15) is 11.3 Å². The minimum absolute atomic E-state index is 0.0860. The summed E-state index contributed by atoms with van der Waals surface area (Å²) in [6.45, 7) is 2.18. The molecule has 2 heteroatoms. The van der Waals surface area contributed by atoms with E-state index in [1.165, 1.54) is 22.2 Å². The van der Waals surface area contributed by atoms with Crippen molar-refractivity contribution in [3.8, 4) is 0 Å². The van der Waals surface area contributed by atoms with Crippen molar-refractivity contribution in [3.05, 3.63) is 41.6 Å². The van der Waals surface area contributed by atoms with Crippen molar-refractivity contribution in [2.45, 2.75) is 6.92 Å². The molecule has 78 valence electrons. The molecule has 15 heavy (non-hydrogen) atoms. The number of aliphatic hydroxyl groups excluding tert-OH is 1. The van der Waals surface area contributed by atoms with Crippen LogP contribution in [0, 0.1) is 6.92 Å². The quantitative estimate of drug-likeness (QED) is 0.793. The van der Waals surface area contributed by atoms with Gasteiger partial charge in [0, 0.05) is 29.2 Å². The summed E-state index contributed by atoms with van der Waals surface area (Å²) in [5, 5.41) is 10.0. The lowest BCUT2D eigenvalue weighted by Crippen LogP contribution is -1.89. The fourth-order valence-corrected chi connectivity index (χ4v) is 1.93. The van der Waals surface area contributed by atoms with E-state index in [1.807, 2.05) is 18.2 Å². The highest BCUT2D eigenvalue weighted by Gasteiger charge is 2.07. The summed E-state index contributed by atoms with van der Waals surface area (Å²) in [6.07, 6.45) is 3.76. The number of benzene rings is 1. The van der Waals surface area contributed by atoms with E-state index in [0.29, 0.717) is 0 Å². The zero-order chi connectivity index (χ0) is 10.8. The Hall–Kier alpha value is -1.54. The zero-order valence-corrected chi connectivity index (χ0v) is 9.07. The van der Waals surface area contributed by atoms with E-state index in [-0.39, 0.29) is 6.61 Å². The Morgan fingerprint density at radius 3 is 2.80 bits per heavy atom. The van der Waals surface area contributed by atoms with Crippen molar-refractivity contribution >= 4 is 17.0 Å². The van der Waals surface area contributed by atoms with Crippen molar-refractivity contribution in [1.29, 1.82) is 0 Å². The van der Waals surface area contributed by atoms with Gasteiger partial charge in [-0.05, 0) is 13.0 Å². The van der Waals surface area contributed by atoms with Gasteiger partial charge in [0.2, 0.25) is 0 Å². The third-order valence-corrected chi connectivity index (χ3v) is 2.84. The molecule has 2 nitrogen and oxygen atoms in total. The van der Waals surface area contributed by atoms with Gasteiger partial charge in [-0.15, -0.1) is 0 Å². The second-order valence-electron chi connectivity index (χ2n) is 3.66. The van der Waals surface area contributed by atoms with Crippen molar-refractivity contribution in [2.75, 3.05) is 6.61 Å². The van der Waals surface area contributed by atoms with Gasteiger partial charge in [-0.2, -0.15) is 0 Å². The lowest BCUT2D eigenvalue weighted by atomic mass is 10.1. The van der Waals surface area contributed by atoms with Gasteiger partial charge in [-0.3, -0.25) is 0 Å². The summed E-state index contributed by atoms with van der Waals surface area (Å²) >= 11 is 0. The maximum Gasteiger partial charge on any atom is 0.0615 e. The van der Waals surface area contributed by atoms with E-state index >= 15 is 0 Å². The largest absolute Gasteiger partial charge is 0.392 e. The van der Waals surface area contributed by atoms with Crippen LogP contribution in [0.15, 0.2) is 30.3 Å². The van der Waals surface area contributed by atoms with Gasteiger partial charge < -0.3 is 9.67 Å². The number of aryl methyl sites for hydroxylation is 1. The minimum Gasteiger partial charge on any atom is -0.392 e. The number of hydrogen-bond acceptors (Lipinski definition) is 1. The number of fused-ring (bicyclic) bond motifs is 1. The van der Waals surface area contributed by atoms with E-state index in [0.717, 1.165) is 0 Å². The van der Waals surface area contributed by atoms with Gasteiger partial charge in [0.25, 0.3) is 0 Å². The molecular formula is C13H15NO. The van der Waals surface area contributed by atoms with Crippen LogP contribution in [-0.4, -0.2) is 16.3 Å². The Labute approximate surface area is 89.5 Å². The van der Waals surface area contributed by atoms with Crippen LogP contribution in [-0.2, 0) is 7.05 Å². The van der Waals surface area contributed by atoms with Crippen molar-refractivity contribution in [2.24, 2.45) is 7.05 Å². The Balaban J connectivity index is 2.72. The fraction of sp³-hybridized carbons (Fsp3) is 0.231. The summed E-state index contributed by atoms with van der Waals surface area (Å²) in [5.74, 6) is 0. The van der Waals surface area contributed by atoms with Gasteiger partial charge in [0.05, 0.1) is 6.61 Å². The second kappa shape index (κ2) is 3.91. The summed E-state index contributed by atoms with van der Waals surface area (Å²) in [7, 11) is 2.06. The van der Waals surface area contributed by atoms with Crippen LogP contribution in [0.25, 0.3) is 17.0 Å². The van der Waals surface area contributed by atoms with Gasteiger partial charge in [0.1, 0.15) is 0 Å². The first kappa shape index (κ1) is 9.99. The lowest BCUT2D eigenvalue weighted by Gasteiger charge is -1.97. The van der Waals surface area contributed by atoms with Gasteiger partial charge in [-0.1, -0.05) is 30.4 Å². The number of nitrogens with zero attached hydrogens (tertiary/aromatic N) is 1. The van der Waals surface area contributed by atoms with Crippen LogP contribution in [0.5, 0.6) is 0 Å². The van der Waals surface area contributed by atoms with Crippen molar-refractivity contribution < 1.29 is 5.11 Å². The highest BCUT2D eigenvalue weighted by Crippen LogP contribution is 2.25. The Morgan fingerprint density at radius 1 is 1.33 bits per heavy atom. The number of rotatable bonds is 2. The van der Waals surface area contributed by atoms with Crippen LogP contribution in [0.2, 0.25) is 0 Å². The normalized spacial score (nSPS) is 11.7. The molecule has 0 amide bonds. The highest BCUT2D eigenvalue weighted by atomic mass is 16.2. The topological polar surface area (TPSA) is 25.2 Å². The third-order valence-electron chi connectivity index (χ3n) is 2.84. The number of aromatic nitrogens is 1. The maximum atomic E-state index is 8.80. The van der Waals surface area contributed by atoms with E-state index in [2.05, 4.69) is 30.7 Å². The molecule has 0 atom stereocenters. The standard InChI is InChI=1S/C13H15NO/c1-10-11(7-5-9-15)12-6-3-4-8-13(12)14(10)2/h3-8,15H,9H2,1-2H3. The average molecular weight is 201 g/mol. The fourth-order valence-electron chi connectivity index (χ4n) is 1.93. The molecule has 0 saturated heterocycles. The molecule has 0 aliphatic carbocycles. The minimum atomic E-state index is 0.0860. The molecule has 0 bridgehead atoms. The molecule has 0 aliphatic rings. The average Bonchev–Trinajstić information content (AvgIpc) is 2.51. The molecule has 1 aromatic carbocycles. The van der Waals surface area contributed by atoms with Crippen LogP contribution in [0.4, 0.5) is 0 Å². The monoisotopic (exact) mass is 201 g/mol.